The number of carbonyl (C=O) groups is 5. The Morgan fingerprint density at radius 1 is 0.571 bits per heavy atom. The van der Waals surface area contributed by atoms with Gasteiger partial charge in [-0.1, -0.05) is 33.1 Å². The summed E-state index contributed by atoms with van der Waals surface area (Å²) in [7, 11) is 0. The molecule has 0 aliphatic rings. The Morgan fingerprint density at radius 2 is 1.05 bits per heavy atom. The van der Waals surface area contributed by atoms with Crippen LogP contribution in [0.2, 0.25) is 0 Å². The van der Waals surface area contributed by atoms with E-state index in [0.29, 0.717) is 72.7 Å². The van der Waals surface area contributed by atoms with E-state index in [1.54, 1.807) is 0 Å². The molecule has 0 bridgehead atoms. The molecule has 0 unspecified atom stereocenters. The van der Waals surface area contributed by atoms with Crippen molar-refractivity contribution in [1.29, 1.82) is 0 Å². The van der Waals surface area contributed by atoms with E-state index in [2.05, 4.69) is 24.5 Å². The SMILES string of the molecule is CC(=O)N(O)CCCCCNC(=O)CCC(=O)N(O)CCCCCCC(=O)CCC(=O)N(O)CCCCCNC(C)C. The molecule has 0 aliphatic carbocycles. The predicted octanol–water partition coefficient (Wildman–Crippen LogP) is 3.19. The zero-order valence-electron chi connectivity index (χ0n) is 25.9. The van der Waals surface area contributed by atoms with E-state index in [4.69, 9.17) is 0 Å². The lowest BCUT2D eigenvalue weighted by molar-refractivity contribution is -0.166. The number of hydroxylamine groups is 6. The fourth-order valence-electron chi connectivity index (χ4n) is 4.03. The van der Waals surface area contributed by atoms with Crippen molar-refractivity contribution in [2.24, 2.45) is 0 Å². The molecular weight excluding hydrogens is 546 g/mol. The van der Waals surface area contributed by atoms with Crippen LogP contribution in [0.15, 0.2) is 0 Å². The van der Waals surface area contributed by atoms with Crippen molar-refractivity contribution in [1.82, 2.24) is 25.8 Å². The van der Waals surface area contributed by atoms with Gasteiger partial charge in [-0.05, 0) is 51.5 Å². The highest BCUT2D eigenvalue weighted by molar-refractivity contribution is 5.84. The Kier molecular flexibility index (Phi) is 23.4. The molecule has 0 fully saturated rings. The lowest BCUT2D eigenvalue weighted by Gasteiger charge is -2.15. The molecule has 0 heterocycles. The summed E-state index contributed by atoms with van der Waals surface area (Å²) >= 11 is 0. The molecule has 0 aromatic carbocycles. The molecule has 0 aliphatic heterocycles. The van der Waals surface area contributed by atoms with Crippen LogP contribution in [-0.2, 0) is 24.0 Å². The van der Waals surface area contributed by atoms with Crippen LogP contribution >= 0.6 is 0 Å². The standard InChI is InChI=1S/C29H55N5O8/c1-24(2)30-19-9-6-13-23-33(41)28(38)17-15-26(36)14-8-4-5-11-22-34(42)29(39)18-16-27(37)31-20-10-7-12-21-32(40)25(3)35/h24,30,40-42H,4-23H2,1-3H3,(H,31,37). The number of hydrogen-bond donors (Lipinski definition) is 5. The quantitative estimate of drug-likeness (QED) is 0.0565. The fourth-order valence-corrected chi connectivity index (χ4v) is 4.03. The van der Waals surface area contributed by atoms with Gasteiger partial charge in [0.25, 0.3) is 0 Å². The minimum atomic E-state index is -0.529. The van der Waals surface area contributed by atoms with Gasteiger partial charge in [-0.2, -0.15) is 0 Å². The van der Waals surface area contributed by atoms with Crippen LogP contribution in [0, 0.1) is 0 Å². The molecule has 244 valence electrons. The second-order valence-electron chi connectivity index (χ2n) is 11.0. The number of carbonyl (C=O) groups excluding carboxylic acids is 5. The topological polar surface area (TPSA) is 180 Å². The molecule has 13 nitrogen and oxygen atoms in total. The summed E-state index contributed by atoms with van der Waals surface area (Å²) in [6.07, 6.45) is 7.58. The molecule has 0 atom stereocenters. The largest absolute Gasteiger partial charge is 0.356 e. The number of rotatable bonds is 26. The molecule has 0 radical (unpaired) electrons. The summed E-state index contributed by atoms with van der Waals surface area (Å²) in [6.45, 7) is 7.43. The third kappa shape index (κ3) is 23.0. The van der Waals surface area contributed by atoms with Crippen LogP contribution in [0.25, 0.3) is 0 Å². The third-order valence-corrected chi connectivity index (χ3v) is 6.67. The molecule has 0 aromatic rings. The predicted molar refractivity (Wildman–Crippen MR) is 157 cm³/mol. The summed E-state index contributed by atoms with van der Waals surface area (Å²) < 4.78 is 0. The van der Waals surface area contributed by atoms with E-state index in [0.717, 1.165) is 32.2 Å². The van der Waals surface area contributed by atoms with Crippen LogP contribution in [0.5, 0.6) is 0 Å². The molecule has 0 saturated heterocycles. The van der Waals surface area contributed by atoms with E-state index in [1.165, 1.54) is 6.92 Å². The first-order valence-electron chi connectivity index (χ1n) is 15.4. The Hall–Kier alpha value is -2.61. The van der Waals surface area contributed by atoms with Crippen molar-refractivity contribution in [3.63, 3.8) is 0 Å². The van der Waals surface area contributed by atoms with E-state index < -0.39 is 17.7 Å². The van der Waals surface area contributed by atoms with Crippen molar-refractivity contribution in [3.05, 3.63) is 0 Å². The molecule has 0 saturated carbocycles. The van der Waals surface area contributed by atoms with E-state index in [1.807, 2.05) is 0 Å². The first-order valence-corrected chi connectivity index (χ1v) is 15.4. The number of unbranched alkanes of at least 4 members (excludes halogenated alkanes) is 7. The van der Waals surface area contributed by atoms with Gasteiger partial charge in [0, 0.05) is 71.2 Å². The van der Waals surface area contributed by atoms with Gasteiger partial charge in [-0.15, -0.1) is 0 Å². The molecule has 0 rings (SSSR count). The van der Waals surface area contributed by atoms with Crippen molar-refractivity contribution in [2.45, 2.75) is 123 Å². The van der Waals surface area contributed by atoms with Gasteiger partial charge in [-0.3, -0.25) is 39.6 Å². The maximum Gasteiger partial charge on any atom is 0.246 e. The average Bonchev–Trinajstić information content (AvgIpc) is 2.94. The van der Waals surface area contributed by atoms with Gasteiger partial charge in [0.15, 0.2) is 0 Å². The van der Waals surface area contributed by atoms with E-state index in [9.17, 15) is 39.6 Å². The number of ketones is 1. The maximum absolute atomic E-state index is 12.1. The summed E-state index contributed by atoms with van der Waals surface area (Å²) in [6, 6.07) is 0.439. The highest BCUT2D eigenvalue weighted by Gasteiger charge is 2.14. The first kappa shape index (κ1) is 39.4. The molecule has 0 spiro atoms. The second-order valence-corrected chi connectivity index (χ2v) is 11.0. The highest BCUT2D eigenvalue weighted by atomic mass is 16.5. The highest BCUT2D eigenvalue weighted by Crippen LogP contribution is 2.09. The number of nitrogens with one attached hydrogen (secondary N) is 2. The van der Waals surface area contributed by atoms with E-state index in [-0.39, 0.29) is 57.0 Å². The zero-order valence-corrected chi connectivity index (χ0v) is 25.9. The van der Waals surface area contributed by atoms with Crippen LogP contribution in [-0.4, -0.2) is 99.0 Å². The molecular formula is C29H55N5O8. The summed E-state index contributed by atoms with van der Waals surface area (Å²) in [5.74, 6) is -1.70. The number of nitrogens with zero attached hydrogens (tertiary/aromatic N) is 3. The summed E-state index contributed by atoms with van der Waals surface area (Å²) in [5, 5.41) is 37.0. The average molecular weight is 602 g/mol. The zero-order chi connectivity index (χ0) is 31.8. The lowest BCUT2D eigenvalue weighted by atomic mass is 10.1. The number of amides is 4. The molecule has 4 amide bonds. The third-order valence-electron chi connectivity index (χ3n) is 6.67. The summed E-state index contributed by atoms with van der Waals surface area (Å²) in [4.78, 5) is 58.9. The Morgan fingerprint density at radius 3 is 1.60 bits per heavy atom. The smallest absolute Gasteiger partial charge is 0.246 e. The minimum Gasteiger partial charge on any atom is -0.356 e. The van der Waals surface area contributed by atoms with Crippen LogP contribution in [0.1, 0.15) is 117 Å². The molecule has 0 aromatic heterocycles. The normalized spacial score (nSPS) is 10.9. The lowest BCUT2D eigenvalue weighted by Crippen LogP contribution is -2.31. The Labute approximate surface area is 250 Å². The van der Waals surface area contributed by atoms with Gasteiger partial charge >= 0.3 is 0 Å². The maximum atomic E-state index is 12.1. The van der Waals surface area contributed by atoms with Gasteiger partial charge in [0.2, 0.25) is 23.6 Å². The molecule has 13 heteroatoms. The Bertz CT molecular complexity index is 796. The molecule has 5 N–H and O–H groups in total. The Balaban J connectivity index is 3.75. The van der Waals surface area contributed by atoms with E-state index >= 15 is 0 Å². The first-order chi connectivity index (χ1) is 19.9. The van der Waals surface area contributed by atoms with Crippen LogP contribution in [0.4, 0.5) is 0 Å². The van der Waals surface area contributed by atoms with Crippen LogP contribution in [0.3, 0.4) is 0 Å². The van der Waals surface area contributed by atoms with Crippen molar-refractivity contribution < 1.29 is 39.6 Å². The monoisotopic (exact) mass is 601 g/mol. The van der Waals surface area contributed by atoms with Crippen molar-refractivity contribution in [3.8, 4) is 0 Å². The van der Waals surface area contributed by atoms with Gasteiger partial charge in [0.1, 0.15) is 5.78 Å². The second kappa shape index (κ2) is 24.9. The molecule has 42 heavy (non-hydrogen) atoms. The number of Topliss-reactive ketones (excluding diaryl/α,β-unsaturated/α-hetero) is 1. The van der Waals surface area contributed by atoms with Gasteiger partial charge in [-0.25, -0.2) is 15.2 Å². The van der Waals surface area contributed by atoms with Crippen LogP contribution < -0.4 is 10.6 Å². The minimum absolute atomic E-state index is 0.00441. The van der Waals surface area contributed by atoms with Gasteiger partial charge in [0.05, 0.1) is 0 Å². The summed E-state index contributed by atoms with van der Waals surface area (Å²) in [5.41, 5.74) is 0. The van der Waals surface area contributed by atoms with Gasteiger partial charge < -0.3 is 10.6 Å². The van der Waals surface area contributed by atoms with Crippen molar-refractivity contribution in [2.75, 3.05) is 32.7 Å². The number of hydrogen-bond acceptors (Lipinski definition) is 9. The fraction of sp³-hybridized carbons (Fsp3) is 0.828. The van der Waals surface area contributed by atoms with Crippen molar-refractivity contribution >= 4 is 29.4 Å².